The summed E-state index contributed by atoms with van der Waals surface area (Å²) in [6, 6.07) is 4.55. The quantitative estimate of drug-likeness (QED) is 0.325. The van der Waals surface area contributed by atoms with E-state index in [2.05, 4.69) is 55.5 Å². The number of fused-ring (bicyclic) bond motifs is 3. The number of thiophene rings is 2. The van der Waals surface area contributed by atoms with E-state index in [-0.39, 0.29) is 0 Å². The topological polar surface area (TPSA) is 4.93 Å². The predicted molar refractivity (Wildman–Crippen MR) is 104 cm³/mol. The van der Waals surface area contributed by atoms with Gasteiger partial charge in [-0.15, -0.1) is 22.7 Å². The van der Waals surface area contributed by atoms with Gasteiger partial charge in [-0.05, 0) is 50.4 Å². The highest BCUT2D eigenvalue weighted by atomic mass is 79.9. The maximum absolute atomic E-state index is 3.64. The van der Waals surface area contributed by atoms with E-state index < -0.39 is 0 Å². The Morgan fingerprint density at radius 2 is 1.38 bits per heavy atom. The SMILES string of the molecule is CCCCCCCCn1c2cc(Br)sc2c2sc(Br)cc21. The van der Waals surface area contributed by atoms with E-state index in [1.807, 2.05) is 22.7 Å². The first-order valence-corrected chi connectivity index (χ1v) is 10.8. The van der Waals surface area contributed by atoms with Crippen LogP contribution in [0, 0.1) is 0 Å². The van der Waals surface area contributed by atoms with E-state index in [0.29, 0.717) is 0 Å². The minimum atomic E-state index is 1.14. The molecule has 114 valence electrons. The summed E-state index contributed by atoms with van der Waals surface area (Å²) in [5.41, 5.74) is 2.79. The molecule has 0 aliphatic heterocycles. The summed E-state index contributed by atoms with van der Waals surface area (Å²) in [5, 5.41) is 0. The molecule has 0 unspecified atom stereocenters. The van der Waals surface area contributed by atoms with Crippen LogP contribution in [0.5, 0.6) is 0 Å². The molecule has 0 amide bonds. The molecule has 0 N–H and O–H groups in total. The lowest BCUT2D eigenvalue weighted by Gasteiger charge is -2.05. The molecule has 3 aromatic rings. The maximum Gasteiger partial charge on any atom is 0.0726 e. The molecule has 0 saturated heterocycles. The molecule has 3 aromatic heterocycles. The largest absolute Gasteiger partial charge is 0.339 e. The summed E-state index contributed by atoms with van der Waals surface area (Å²) in [7, 11) is 0. The molecule has 21 heavy (non-hydrogen) atoms. The van der Waals surface area contributed by atoms with E-state index >= 15 is 0 Å². The van der Waals surface area contributed by atoms with E-state index in [1.54, 1.807) is 0 Å². The molecule has 0 bridgehead atoms. The van der Waals surface area contributed by atoms with E-state index in [4.69, 9.17) is 0 Å². The Bertz CT molecular complexity index is 684. The molecule has 3 rings (SSSR count). The lowest BCUT2D eigenvalue weighted by Crippen LogP contribution is -1.96. The molecule has 0 fully saturated rings. The van der Waals surface area contributed by atoms with Gasteiger partial charge in [0.15, 0.2) is 0 Å². The van der Waals surface area contributed by atoms with Crippen molar-refractivity contribution in [3.63, 3.8) is 0 Å². The number of aromatic nitrogens is 1. The Morgan fingerprint density at radius 3 is 1.95 bits per heavy atom. The molecule has 1 nitrogen and oxygen atoms in total. The third kappa shape index (κ3) is 3.41. The summed E-state index contributed by atoms with van der Waals surface area (Å²) < 4.78 is 7.83. The van der Waals surface area contributed by atoms with Gasteiger partial charge in [-0.1, -0.05) is 39.0 Å². The normalized spacial score (nSPS) is 12.0. The maximum atomic E-state index is 3.64. The molecule has 0 saturated carbocycles. The van der Waals surface area contributed by atoms with Crippen LogP contribution >= 0.6 is 54.5 Å². The van der Waals surface area contributed by atoms with Crippen LogP contribution in [0.2, 0.25) is 0 Å². The van der Waals surface area contributed by atoms with Crippen LogP contribution in [-0.2, 0) is 6.54 Å². The average Bonchev–Trinajstić information content (AvgIpc) is 3.06. The first kappa shape index (κ1) is 16.0. The lowest BCUT2D eigenvalue weighted by atomic mass is 10.1. The monoisotopic (exact) mass is 447 g/mol. The first-order valence-electron chi connectivity index (χ1n) is 7.57. The van der Waals surface area contributed by atoms with Crippen LogP contribution in [0.3, 0.4) is 0 Å². The van der Waals surface area contributed by atoms with Gasteiger partial charge < -0.3 is 4.57 Å². The number of aryl methyl sites for hydroxylation is 1. The highest BCUT2D eigenvalue weighted by Gasteiger charge is 2.15. The smallest absolute Gasteiger partial charge is 0.0726 e. The predicted octanol–water partition coefficient (Wildman–Crippen LogP) is 7.80. The lowest BCUT2D eigenvalue weighted by molar-refractivity contribution is 0.571. The summed E-state index contributed by atoms with van der Waals surface area (Å²) in [5.74, 6) is 0. The molecule has 5 heteroatoms. The third-order valence-electron chi connectivity index (χ3n) is 3.89. The van der Waals surface area contributed by atoms with E-state index in [1.165, 1.54) is 66.5 Å². The molecular formula is C16H19Br2NS2. The molecular weight excluding hydrogens is 430 g/mol. The Labute approximate surface area is 150 Å². The zero-order chi connectivity index (χ0) is 14.8. The van der Waals surface area contributed by atoms with Crippen molar-refractivity contribution >= 4 is 75.0 Å². The van der Waals surface area contributed by atoms with Crippen LogP contribution in [0.1, 0.15) is 45.4 Å². The van der Waals surface area contributed by atoms with Gasteiger partial charge in [0.1, 0.15) is 0 Å². The van der Waals surface area contributed by atoms with Gasteiger partial charge in [0, 0.05) is 6.54 Å². The van der Waals surface area contributed by atoms with Crippen LogP contribution in [0.4, 0.5) is 0 Å². The summed E-state index contributed by atoms with van der Waals surface area (Å²) in [4.78, 5) is 0. The van der Waals surface area contributed by atoms with Gasteiger partial charge >= 0.3 is 0 Å². The van der Waals surface area contributed by atoms with Crippen molar-refractivity contribution in [1.82, 2.24) is 4.57 Å². The number of unbranched alkanes of at least 4 members (excludes halogenated alkanes) is 5. The van der Waals surface area contributed by atoms with Crippen molar-refractivity contribution in [3.05, 3.63) is 19.7 Å². The van der Waals surface area contributed by atoms with Crippen LogP contribution in [0.15, 0.2) is 19.7 Å². The van der Waals surface area contributed by atoms with Crippen molar-refractivity contribution in [1.29, 1.82) is 0 Å². The Balaban J connectivity index is 1.78. The fourth-order valence-electron chi connectivity index (χ4n) is 2.85. The molecule has 0 aromatic carbocycles. The van der Waals surface area contributed by atoms with Gasteiger partial charge in [-0.25, -0.2) is 0 Å². The minimum absolute atomic E-state index is 1.14. The highest BCUT2D eigenvalue weighted by molar-refractivity contribution is 9.11. The molecule has 0 aliphatic carbocycles. The van der Waals surface area contributed by atoms with Crippen molar-refractivity contribution in [2.75, 3.05) is 0 Å². The Kier molecular flexibility index (Phi) is 5.46. The van der Waals surface area contributed by atoms with Gasteiger partial charge in [-0.2, -0.15) is 0 Å². The first-order chi connectivity index (χ1) is 10.2. The molecule has 0 spiro atoms. The molecule has 0 radical (unpaired) electrons. The minimum Gasteiger partial charge on any atom is -0.339 e. The second kappa shape index (κ2) is 7.16. The van der Waals surface area contributed by atoms with Crippen LogP contribution in [0.25, 0.3) is 20.4 Å². The zero-order valence-electron chi connectivity index (χ0n) is 12.1. The average molecular weight is 449 g/mol. The van der Waals surface area contributed by atoms with Gasteiger partial charge in [0.25, 0.3) is 0 Å². The molecule has 3 heterocycles. The Hall–Kier alpha value is 0.160. The van der Waals surface area contributed by atoms with E-state index in [0.717, 1.165) is 6.54 Å². The number of hydrogen-bond acceptors (Lipinski definition) is 2. The fraction of sp³-hybridized carbons (Fsp3) is 0.500. The highest BCUT2D eigenvalue weighted by Crippen LogP contribution is 2.43. The summed E-state index contributed by atoms with van der Waals surface area (Å²) >= 11 is 11.0. The number of nitrogens with zero attached hydrogens (tertiary/aromatic N) is 1. The van der Waals surface area contributed by atoms with Crippen molar-refractivity contribution in [3.8, 4) is 0 Å². The Morgan fingerprint density at radius 1 is 0.857 bits per heavy atom. The van der Waals surface area contributed by atoms with Crippen LogP contribution in [-0.4, -0.2) is 4.57 Å². The van der Waals surface area contributed by atoms with Crippen LogP contribution < -0.4 is 0 Å². The summed E-state index contributed by atoms with van der Waals surface area (Å²) in [6.45, 7) is 3.41. The van der Waals surface area contributed by atoms with Gasteiger partial charge in [0.2, 0.25) is 0 Å². The summed E-state index contributed by atoms with van der Waals surface area (Å²) in [6.07, 6.45) is 8.10. The second-order valence-corrected chi connectivity index (χ2v) is 10.3. The van der Waals surface area contributed by atoms with Crippen molar-refractivity contribution < 1.29 is 0 Å². The van der Waals surface area contributed by atoms with Gasteiger partial charge in [-0.3, -0.25) is 0 Å². The zero-order valence-corrected chi connectivity index (χ0v) is 16.9. The van der Waals surface area contributed by atoms with Gasteiger partial charge in [0.05, 0.1) is 28.0 Å². The molecule has 0 atom stereocenters. The fourth-order valence-corrected chi connectivity index (χ4v) is 6.18. The number of rotatable bonds is 7. The second-order valence-electron chi connectivity index (χ2n) is 5.45. The van der Waals surface area contributed by atoms with E-state index in [9.17, 15) is 0 Å². The number of halogens is 2. The number of hydrogen-bond donors (Lipinski definition) is 0. The van der Waals surface area contributed by atoms with Crippen molar-refractivity contribution in [2.24, 2.45) is 0 Å². The van der Waals surface area contributed by atoms with Crippen molar-refractivity contribution in [2.45, 2.75) is 52.0 Å². The molecule has 0 aliphatic rings. The third-order valence-corrected chi connectivity index (χ3v) is 7.31. The standard InChI is InChI=1S/C16H19Br2NS2/c1-2-3-4-5-6-7-8-19-11-9-13(17)20-15(11)16-12(19)10-14(18)21-16/h9-10H,2-8H2,1H3.